The van der Waals surface area contributed by atoms with Gasteiger partial charge in [0.25, 0.3) is 0 Å². The Balaban J connectivity index is 3.04. The molecule has 5 nitrogen and oxygen atoms in total. The van der Waals surface area contributed by atoms with Crippen molar-refractivity contribution in [3.8, 4) is 0 Å². The summed E-state index contributed by atoms with van der Waals surface area (Å²) in [5.74, 6) is -0.474. The van der Waals surface area contributed by atoms with Crippen LogP contribution in [0.15, 0.2) is 25.3 Å². The van der Waals surface area contributed by atoms with E-state index >= 15 is 0 Å². The van der Waals surface area contributed by atoms with Crippen molar-refractivity contribution in [1.82, 2.24) is 10.6 Å². The van der Waals surface area contributed by atoms with Gasteiger partial charge in [-0.1, -0.05) is 12.2 Å². The van der Waals surface area contributed by atoms with Gasteiger partial charge in [-0.15, -0.1) is 13.2 Å². The van der Waals surface area contributed by atoms with Crippen LogP contribution in [0.4, 0.5) is 4.79 Å². The van der Waals surface area contributed by atoms with E-state index in [0.717, 1.165) is 0 Å². The maximum atomic E-state index is 11.8. The van der Waals surface area contributed by atoms with Gasteiger partial charge < -0.3 is 15.4 Å². The number of urea groups is 1. The fourth-order valence-electron chi connectivity index (χ4n) is 1.91. The van der Waals surface area contributed by atoms with Crippen LogP contribution >= 0.6 is 0 Å². The van der Waals surface area contributed by atoms with Crippen LogP contribution in [-0.2, 0) is 9.53 Å². The first kappa shape index (κ1) is 12.3. The first-order chi connectivity index (χ1) is 7.60. The number of hydrogen-bond donors (Lipinski definition) is 2. The number of esters is 1. The highest BCUT2D eigenvalue weighted by Crippen LogP contribution is 2.25. The van der Waals surface area contributed by atoms with E-state index in [1.807, 2.05) is 0 Å². The second-order valence-electron chi connectivity index (χ2n) is 3.63. The molecule has 88 valence electrons. The average molecular weight is 224 g/mol. The quantitative estimate of drug-likeness (QED) is 0.534. The van der Waals surface area contributed by atoms with E-state index in [0.29, 0.717) is 12.8 Å². The summed E-state index contributed by atoms with van der Waals surface area (Å²) in [6.07, 6.45) is 4.04. The van der Waals surface area contributed by atoms with E-state index in [4.69, 9.17) is 4.74 Å². The van der Waals surface area contributed by atoms with Gasteiger partial charge in [-0.2, -0.15) is 0 Å². The molecule has 0 saturated carbocycles. The van der Waals surface area contributed by atoms with Crippen molar-refractivity contribution in [2.24, 2.45) is 0 Å². The molecule has 16 heavy (non-hydrogen) atoms. The van der Waals surface area contributed by atoms with Gasteiger partial charge in [0.05, 0.1) is 13.2 Å². The average Bonchev–Trinajstić information content (AvgIpc) is 2.56. The normalized spacial score (nSPS) is 27.8. The highest BCUT2D eigenvalue weighted by molar-refractivity contribution is 5.92. The Bertz CT molecular complexity index is 327. The van der Waals surface area contributed by atoms with E-state index < -0.39 is 11.5 Å². The fraction of sp³-hybridized carbons (Fsp3) is 0.455. The van der Waals surface area contributed by atoms with Crippen LogP contribution in [0.2, 0.25) is 0 Å². The summed E-state index contributed by atoms with van der Waals surface area (Å²) in [6.45, 7) is 7.20. The summed E-state index contributed by atoms with van der Waals surface area (Å²) < 4.78 is 4.74. The van der Waals surface area contributed by atoms with E-state index in [1.54, 1.807) is 12.2 Å². The second-order valence-corrected chi connectivity index (χ2v) is 3.63. The first-order valence-corrected chi connectivity index (χ1v) is 4.99. The van der Waals surface area contributed by atoms with Crippen LogP contribution in [0.5, 0.6) is 0 Å². The van der Waals surface area contributed by atoms with Gasteiger partial charge >= 0.3 is 12.0 Å². The Kier molecular flexibility index (Phi) is 3.71. The molecule has 0 radical (unpaired) electrons. The van der Waals surface area contributed by atoms with E-state index in [1.165, 1.54) is 7.11 Å². The number of rotatable bonds is 5. The molecular formula is C11H16N2O3. The Hall–Kier alpha value is -1.78. The van der Waals surface area contributed by atoms with Crippen LogP contribution in [0.3, 0.4) is 0 Å². The molecule has 0 spiro atoms. The minimum Gasteiger partial charge on any atom is -0.467 e. The van der Waals surface area contributed by atoms with Crippen molar-refractivity contribution in [3.05, 3.63) is 25.3 Å². The molecule has 1 heterocycles. The minimum atomic E-state index is -1.07. The monoisotopic (exact) mass is 224 g/mol. The lowest BCUT2D eigenvalue weighted by atomic mass is 9.86. The fourth-order valence-corrected chi connectivity index (χ4v) is 1.91. The highest BCUT2D eigenvalue weighted by atomic mass is 16.5. The van der Waals surface area contributed by atoms with Crippen molar-refractivity contribution < 1.29 is 14.3 Å². The smallest absolute Gasteiger partial charge is 0.334 e. The second kappa shape index (κ2) is 4.83. The van der Waals surface area contributed by atoms with Crippen LogP contribution in [0.1, 0.15) is 12.8 Å². The molecule has 2 amide bonds. The summed E-state index contributed by atoms with van der Waals surface area (Å²) in [7, 11) is 1.29. The third-order valence-corrected chi connectivity index (χ3v) is 2.66. The maximum Gasteiger partial charge on any atom is 0.334 e. The van der Waals surface area contributed by atoms with Gasteiger partial charge in [-0.3, -0.25) is 0 Å². The van der Waals surface area contributed by atoms with Gasteiger partial charge in [0.2, 0.25) is 0 Å². The summed E-state index contributed by atoms with van der Waals surface area (Å²) >= 11 is 0. The van der Waals surface area contributed by atoms with E-state index in [9.17, 15) is 9.59 Å². The lowest BCUT2D eigenvalue weighted by Crippen LogP contribution is -2.56. The third-order valence-electron chi connectivity index (χ3n) is 2.66. The van der Waals surface area contributed by atoms with Gasteiger partial charge in [-0.05, 0) is 6.42 Å². The van der Waals surface area contributed by atoms with Gasteiger partial charge in [-0.25, -0.2) is 9.59 Å². The van der Waals surface area contributed by atoms with E-state index in [-0.39, 0.29) is 12.1 Å². The molecule has 1 rings (SSSR count). The van der Waals surface area contributed by atoms with Crippen LogP contribution in [-0.4, -0.2) is 30.7 Å². The number of carbonyl (C=O) groups excluding carboxylic acids is 2. The van der Waals surface area contributed by atoms with Crippen molar-refractivity contribution in [1.29, 1.82) is 0 Å². The summed E-state index contributed by atoms with van der Waals surface area (Å²) in [4.78, 5) is 23.1. The van der Waals surface area contributed by atoms with Gasteiger partial charge in [0, 0.05) is 6.42 Å². The molecule has 1 aliphatic rings. The lowest BCUT2D eigenvalue weighted by molar-refractivity contribution is -0.148. The minimum absolute atomic E-state index is 0.316. The largest absolute Gasteiger partial charge is 0.467 e. The molecule has 2 N–H and O–H groups in total. The molecule has 0 bridgehead atoms. The van der Waals surface area contributed by atoms with Crippen LogP contribution in [0.25, 0.3) is 0 Å². The molecular weight excluding hydrogens is 208 g/mol. The van der Waals surface area contributed by atoms with Crippen molar-refractivity contribution in [3.63, 3.8) is 0 Å². The topological polar surface area (TPSA) is 67.4 Å². The molecule has 0 aromatic heterocycles. The molecule has 0 aromatic rings. The van der Waals surface area contributed by atoms with Crippen molar-refractivity contribution in [2.45, 2.75) is 24.4 Å². The molecule has 2 atom stereocenters. The Labute approximate surface area is 94.5 Å². The number of amides is 2. The lowest BCUT2D eigenvalue weighted by Gasteiger charge is -2.29. The predicted molar refractivity (Wildman–Crippen MR) is 59.8 cm³/mol. The predicted octanol–water partition coefficient (Wildman–Crippen LogP) is 0.732. The molecule has 0 unspecified atom stereocenters. The first-order valence-electron chi connectivity index (χ1n) is 4.99. The number of carbonyl (C=O) groups is 2. The Morgan fingerprint density at radius 2 is 2.25 bits per heavy atom. The van der Waals surface area contributed by atoms with Gasteiger partial charge in [0.15, 0.2) is 5.54 Å². The SMILES string of the molecule is C=CC[C@@H]1NC(=O)N[C@]1(CC=C)C(=O)OC. The zero-order valence-corrected chi connectivity index (χ0v) is 9.29. The summed E-state index contributed by atoms with van der Waals surface area (Å²) in [5, 5.41) is 5.29. The zero-order valence-electron chi connectivity index (χ0n) is 9.29. The Morgan fingerprint density at radius 1 is 1.56 bits per heavy atom. The molecule has 0 aromatic carbocycles. The van der Waals surface area contributed by atoms with Crippen LogP contribution < -0.4 is 10.6 Å². The van der Waals surface area contributed by atoms with Gasteiger partial charge in [0.1, 0.15) is 0 Å². The zero-order chi connectivity index (χ0) is 12.2. The number of methoxy groups -OCH3 is 1. The molecule has 1 saturated heterocycles. The highest BCUT2D eigenvalue weighted by Gasteiger charge is 2.51. The molecule has 1 aliphatic heterocycles. The van der Waals surface area contributed by atoms with Crippen molar-refractivity contribution >= 4 is 12.0 Å². The molecule has 5 heteroatoms. The number of nitrogens with one attached hydrogen (secondary N) is 2. The number of hydrogen-bond acceptors (Lipinski definition) is 3. The summed E-state index contributed by atoms with van der Waals surface area (Å²) in [5.41, 5.74) is -1.07. The molecule has 1 fully saturated rings. The standard InChI is InChI=1S/C11H16N2O3/c1-4-6-8-11(7-5-2,9(14)16-3)13-10(15)12-8/h4-5,8H,1-2,6-7H2,3H3,(H2,12,13,15)/t8-,11-/m0/s1. The number of ether oxygens (including phenoxy) is 1. The maximum absolute atomic E-state index is 11.8. The van der Waals surface area contributed by atoms with Crippen molar-refractivity contribution in [2.75, 3.05) is 7.11 Å². The van der Waals surface area contributed by atoms with Crippen LogP contribution in [0, 0.1) is 0 Å². The van der Waals surface area contributed by atoms with E-state index in [2.05, 4.69) is 23.8 Å². The Morgan fingerprint density at radius 3 is 2.75 bits per heavy atom. The third kappa shape index (κ3) is 1.93. The molecule has 0 aliphatic carbocycles. The summed E-state index contributed by atoms with van der Waals surface area (Å²) in [6, 6.07) is -0.734.